The summed E-state index contributed by atoms with van der Waals surface area (Å²) in [4.78, 5) is 14.7. The molecule has 0 radical (unpaired) electrons. The molecule has 0 bridgehead atoms. The monoisotopic (exact) mass is 500 g/mol. The van der Waals surface area contributed by atoms with E-state index in [1.54, 1.807) is 18.2 Å². The molecule has 1 N–H and O–H groups in total. The summed E-state index contributed by atoms with van der Waals surface area (Å²) in [5.41, 5.74) is 2.56. The molecule has 7 heteroatoms. The first-order chi connectivity index (χ1) is 16.0. The molecule has 1 aromatic heterocycles. The van der Waals surface area contributed by atoms with Crippen molar-refractivity contribution >= 4 is 31.0 Å². The topological polar surface area (TPSA) is 63.9 Å². The average Bonchev–Trinajstić information content (AvgIpc) is 3.02. The first kappa shape index (κ1) is 28.9. The number of aliphatic hydroxyl groups excluding tert-OH is 1. The first-order valence-corrected chi connectivity index (χ1v) is 15.1. The summed E-state index contributed by atoms with van der Waals surface area (Å²) >= 11 is 0. The van der Waals surface area contributed by atoms with Crippen LogP contribution >= 0.6 is 0 Å². The minimum absolute atomic E-state index is 0.118. The van der Waals surface area contributed by atoms with Gasteiger partial charge in [-0.2, -0.15) is 0 Å². The second-order valence-corrected chi connectivity index (χ2v) is 16.4. The van der Waals surface area contributed by atoms with Crippen LogP contribution in [0.25, 0.3) is 10.9 Å². The first-order valence-electron chi connectivity index (χ1n) is 12.2. The van der Waals surface area contributed by atoms with E-state index in [4.69, 9.17) is 9.16 Å². The SMILES string of the molecule is C=CCN(C(=O)OC(C)(C)C)c1cc2c(cc1C(O)/C=C/C)cc(CO[Si](C)(C)C(C)(C)C)n2C. The van der Waals surface area contributed by atoms with Gasteiger partial charge in [0.25, 0.3) is 0 Å². The van der Waals surface area contributed by atoms with Gasteiger partial charge in [-0.25, -0.2) is 4.79 Å². The predicted octanol–water partition coefficient (Wildman–Crippen LogP) is 7.24. The zero-order chi connectivity index (χ0) is 26.8. The molecule has 2 aromatic rings. The van der Waals surface area contributed by atoms with Crippen molar-refractivity contribution < 1.29 is 19.1 Å². The van der Waals surface area contributed by atoms with Crippen molar-refractivity contribution in [3.05, 3.63) is 54.3 Å². The largest absolute Gasteiger partial charge is 0.443 e. The molecule has 0 spiro atoms. The van der Waals surface area contributed by atoms with Gasteiger partial charge in [-0.1, -0.05) is 39.0 Å². The highest BCUT2D eigenvalue weighted by molar-refractivity contribution is 6.74. The lowest BCUT2D eigenvalue weighted by atomic mass is 10.0. The number of amides is 1. The molecule has 0 aliphatic carbocycles. The molecule has 194 valence electrons. The van der Waals surface area contributed by atoms with Crippen LogP contribution in [0.3, 0.4) is 0 Å². The maximum atomic E-state index is 13.1. The second-order valence-electron chi connectivity index (χ2n) is 11.6. The van der Waals surface area contributed by atoms with Crippen molar-refractivity contribution in [3.8, 4) is 0 Å². The summed E-state index contributed by atoms with van der Waals surface area (Å²) in [7, 11) is 0.0844. The van der Waals surface area contributed by atoms with Crippen molar-refractivity contribution in [2.45, 2.75) is 84.9 Å². The lowest BCUT2D eigenvalue weighted by Crippen LogP contribution is -2.40. The Morgan fingerprint density at radius 3 is 2.34 bits per heavy atom. The van der Waals surface area contributed by atoms with E-state index in [9.17, 15) is 9.90 Å². The maximum absolute atomic E-state index is 13.1. The van der Waals surface area contributed by atoms with Crippen molar-refractivity contribution in [2.24, 2.45) is 7.05 Å². The summed E-state index contributed by atoms with van der Waals surface area (Å²) in [6, 6.07) is 6.00. The van der Waals surface area contributed by atoms with Gasteiger partial charge in [0, 0.05) is 30.2 Å². The number of carbonyl (C=O) groups is 1. The second kappa shape index (κ2) is 10.7. The Morgan fingerprint density at radius 1 is 1.20 bits per heavy atom. The Kier molecular flexibility index (Phi) is 8.85. The van der Waals surface area contributed by atoms with Gasteiger partial charge in [0.05, 0.1) is 23.9 Å². The maximum Gasteiger partial charge on any atom is 0.415 e. The van der Waals surface area contributed by atoms with Crippen LogP contribution in [0, 0.1) is 0 Å². The Hall–Kier alpha value is -2.35. The lowest BCUT2D eigenvalue weighted by Gasteiger charge is -2.36. The van der Waals surface area contributed by atoms with Crippen LogP contribution < -0.4 is 4.90 Å². The number of hydrogen-bond acceptors (Lipinski definition) is 4. The van der Waals surface area contributed by atoms with Gasteiger partial charge in [0.2, 0.25) is 0 Å². The van der Waals surface area contributed by atoms with Crippen LogP contribution in [0.2, 0.25) is 18.1 Å². The third kappa shape index (κ3) is 6.87. The number of rotatable bonds is 8. The van der Waals surface area contributed by atoms with E-state index < -0.39 is 26.1 Å². The summed E-state index contributed by atoms with van der Waals surface area (Å²) < 4.78 is 14.2. The number of carbonyl (C=O) groups excluding carboxylic acids is 1. The number of ether oxygens (including phenoxy) is 1. The van der Waals surface area contributed by atoms with E-state index >= 15 is 0 Å². The average molecular weight is 501 g/mol. The number of aliphatic hydroxyl groups is 1. The Morgan fingerprint density at radius 2 is 1.83 bits per heavy atom. The minimum Gasteiger partial charge on any atom is -0.443 e. The molecule has 0 fully saturated rings. The van der Waals surface area contributed by atoms with Gasteiger partial charge in [0.15, 0.2) is 8.32 Å². The number of allylic oxidation sites excluding steroid dienone is 1. The Labute approximate surface area is 212 Å². The van der Waals surface area contributed by atoms with E-state index in [2.05, 4.69) is 51.1 Å². The standard InChI is InChI=1S/C28H44N2O4Si/c1-12-14-25(31)22-17-20-16-21(19-33-35(10,11)28(6,7)8)29(9)23(20)18-24(22)30(15-13-2)26(32)34-27(3,4)5/h12-14,16-18,25,31H,2,15,19H2,1,3-11H3/b14-12+. The van der Waals surface area contributed by atoms with E-state index in [1.807, 2.05) is 46.9 Å². The molecule has 1 amide bonds. The fourth-order valence-corrected chi connectivity index (χ4v) is 4.47. The molecule has 0 saturated carbocycles. The molecule has 1 aromatic carbocycles. The molecule has 6 nitrogen and oxygen atoms in total. The van der Waals surface area contributed by atoms with Crippen molar-refractivity contribution in [3.63, 3.8) is 0 Å². The number of nitrogens with zero attached hydrogens (tertiary/aromatic N) is 2. The van der Waals surface area contributed by atoms with Crippen LogP contribution in [-0.4, -0.2) is 36.2 Å². The zero-order valence-corrected chi connectivity index (χ0v) is 24.2. The van der Waals surface area contributed by atoms with Gasteiger partial charge in [-0.05, 0) is 64.0 Å². The number of aryl methyl sites for hydroxylation is 1. The number of hydrogen-bond donors (Lipinski definition) is 1. The van der Waals surface area contributed by atoms with Crippen LogP contribution in [0.15, 0.2) is 43.0 Å². The number of aromatic nitrogens is 1. The smallest absolute Gasteiger partial charge is 0.415 e. The lowest BCUT2D eigenvalue weighted by molar-refractivity contribution is 0.0584. The molecule has 0 saturated heterocycles. The summed E-state index contributed by atoms with van der Waals surface area (Å²) in [5, 5.41) is 12.0. The van der Waals surface area contributed by atoms with E-state index in [0.29, 0.717) is 17.9 Å². The molecule has 1 unspecified atom stereocenters. The Balaban J connectivity index is 2.63. The van der Waals surface area contributed by atoms with Gasteiger partial charge in [-0.3, -0.25) is 4.90 Å². The molecule has 0 aliphatic rings. The fraction of sp³-hybridized carbons (Fsp3) is 0.536. The highest BCUT2D eigenvalue weighted by atomic mass is 28.4. The molecular weight excluding hydrogens is 456 g/mol. The van der Waals surface area contributed by atoms with E-state index in [1.165, 1.54) is 4.90 Å². The highest BCUT2D eigenvalue weighted by Crippen LogP contribution is 2.38. The zero-order valence-electron chi connectivity index (χ0n) is 23.2. The third-order valence-electron chi connectivity index (χ3n) is 6.59. The molecular formula is C28H44N2O4Si. The number of fused-ring (bicyclic) bond motifs is 1. The predicted molar refractivity (Wildman–Crippen MR) is 148 cm³/mol. The van der Waals surface area contributed by atoms with Crippen LogP contribution in [0.4, 0.5) is 10.5 Å². The molecule has 1 heterocycles. The number of anilines is 1. The quantitative estimate of drug-likeness (QED) is 0.306. The van der Waals surface area contributed by atoms with Gasteiger partial charge < -0.3 is 18.8 Å². The molecule has 35 heavy (non-hydrogen) atoms. The number of benzene rings is 1. The van der Waals surface area contributed by atoms with E-state index in [0.717, 1.165) is 16.6 Å². The van der Waals surface area contributed by atoms with Crippen molar-refractivity contribution in [1.82, 2.24) is 4.57 Å². The Bertz CT molecular complexity index is 1090. The summed E-state index contributed by atoms with van der Waals surface area (Å²) in [6.45, 7) is 23.1. The summed E-state index contributed by atoms with van der Waals surface area (Å²) in [5.74, 6) is 0. The van der Waals surface area contributed by atoms with Gasteiger partial charge in [-0.15, -0.1) is 6.58 Å². The van der Waals surface area contributed by atoms with Crippen molar-refractivity contribution in [2.75, 3.05) is 11.4 Å². The van der Waals surface area contributed by atoms with Crippen LogP contribution in [0.1, 0.15) is 65.8 Å². The molecule has 2 rings (SSSR count). The summed E-state index contributed by atoms with van der Waals surface area (Å²) in [6.07, 6.45) is 3.80. The molecule has 1 atom stereocenters. The highest BCUT2D eigenvalue weighted by Gasteiger charge is 2.37. The fourth-order valence-electron chi connectivity index (χ4n) is 3.53. The van der Waals surface area contributed by atoms with Crippen molar-refractivity contribution in [1.29, 1.82) is 0 Å². The molecule has 0 aliphatic heterocycles. The third-order valence-corrected chi connectivity index (χ3v) is 11.1. The van der Waals surface area contributed by atoms with Crippen LogP contribution in [0.5, 0.6) is 0 Å². The van der Waals surface area contributed by atoms with Gasteiger partial charge in [0.1, 0.15) is 5.60 Å². The van der Waals surface area contributed by atoms with Gasteiger partial charge >= 0.3 is 6.09 Å². The minimum atomic E-state index is -1.92. The van der Waals surface area contributed by atoms with Crippen LogP contribution in [-0.2, 0) is 22.8 Å². The normalized spacial score (nSPS) is 13.9. The van der Waals surface area contributed by atoms with E-state index in [-0.39, 0.29) is 11.6 Å².